The molecule has 0 rings (SSSR count). The van der Waals surface area contributed by atoms with Gasteiger partial charge in [-0.05, 0) is 89.9 Å². The van der Waals surface area contributed by atoms with Crippen LogP contribution in [0, 0.1) is 0 Å². The number of allylic oxidation sites excluding steroid dienone is 12. The minimum atomic E-state index is -0.790. The van der Waals surface area contributed by atoms with E-state index in [0.717, 1.165) is 116 Å². The van der Waals surface area contributed by atoms with Crippen LogP contribution in [0.5, 0.6) is 0 Å². The van der Waals surface area contributed by atoms with E-state index in [4.69, 9.17) is 14.2 Å². The maximum Gasteiger partial charge on any atom is 0.306 e. The van der Waals surface area contributed by atoms with E-state index in [2.05, 4.69) is 93.7 Å². The van der Waals surface area contributed by atoms with Crippen molar-refractivity contribution in [3.63, 3.8) is 0 Å². The molecular weight excluding hydrogens is 973 g/mol. The van der Waals surface area contributed by atoms with Gasteiger partial charge in [0.05, 0.1) is 0 Å². The Labute approximate surface area is 491 Å². The van der Waals surface area contributed by atoms with Crippen LogP contribution in [-0.4, -0.2) is 37.2 Å². The zero-order valence-electron chi connectivity index (χ0n) is 52.6. The number of unbranched alkanes of at least 4 members (excludes halogenated alkanes) is 40. The summed E-state index contributed by atoms with van der Waals surface area (Å²) in [7, 11) is 0. The summed E-state index contributed by atoms with van der Waals surface area (Å²) in [6.45, 7) is 6.53. The van der Waals surface area contributed by atoms with Crippen LogP contribution in [0.4, 0.5) is 0 Å². The molecule has 0 spiro atoms. The van der Waals surface area contributed by atoms with Gasteiger partial charge in [-0.1, -0.05) is 318 Å². The van der Waals surface area contributed by atoms with E-state index in [1.807, 2.05) is 0 Å². The van der Waals surface area contributed by atoms with Gasteiger partial charge in [0, 0.05) is 19.3 Å². The third-order valence-electron chi connectivity index (χ3n) is 15.2. The molecule has 0 saturated heterocycles. The Kier molecular flexibility index (Phi) is 64.7. The first-order chi connectivity index (χ1) is 39.0. The zero-order chi connectivity index (χ0) is 57.1. The number of hydrogen-bond acceptors (Lipinski definition) is 6. The van der Waals surface area contributed by atoms with Crippen LogP contribution >= 0.6 is 0 Å². The zero-order valence-corrected chi connectivity index (χ0v) is 52.6. The summed E-state index contributed by atoms with van der Waals surface area (Å²) in [5.74, 6) is -0.893. The Morgan fingerprint density at radius 2 is 0.494 bits per heavy atom. The smallest absolute Gasteiger partial charge is 0.306 e. The highest BCUT2D eigenvalue weighted by Crippen LogP contribution is 2.18. The van der Waals surface area contributed by atoms with Crippen molar-refractivity contribution in [2.75, 3.05) is 13.2 Å². The summed E-state index contributed by atoms with van der Waals surface area (Å²) in [5, 5.41) is 0. The molecule has 0 aromatic heterocycles. The van der Waals surface area contributed by atoms with Crippen LogP contribution in [0.1, 0.15) is 355 Å². The first kappa shape index (κ1) is 75.8. The number of carbonyl (C=O) groups excluding carboxylic acids is 3. The third-order valence-corrected chi connectivity index (χ3v) is 15.2. The number of hydrogen-bond donors (Lipinski definition) is 0. The Morgan fingerprint density at radius 1 is 0.266 bits per heavy atom. The van der Waals surface area contributed by atoms with Gasteiger partial charge in [-0.3, -0.25) is 14.4 Å². The van der Waals surface area contributed by atoms with Crippen LogP contribution in [-0.2, 0) is 28.6 Å². The summed E-state index contributed by atoms with van der Waals surface area (Å²) in [5.41, 5.74) is 0. The fourth-order valence-corrected chi connectivity index (χ4v) is 10.1. The van der Waals surface area contributed by atoms with Crippen LogP contribution in [0.25, 0.3) is 0 Å². The summed E-state index contributed by atoms with van der Waals surface area (Å²) in [6, 6.07) is 0. The quantitative estimate of drug-likeness (QED) is 0.0261. The van der Waals surface area contributed by atoms with Crippen molar-refractivity contribution >= 4 is 17.9 Å². The van der Waals surface area contributed by atoms with Crippen LogP contribution in [0.2, 0.25) is 0 Å². The van der Waals surface area contributed by atoms with Gasteiger partial charge in [0.25, 0.3) is 0 Å². The molecule has 79 heavy (non-hydrogen) atoms. The highest BCUT2D eigenvalue weighted by Gasteiger charge is 2.19. The monoisotopic (exact) mass is 1100 g/mol. The lowest BCUT2D eigenvalue weighted by atomic mass is 10.0. The normalized spacial score (nSPS) is 12.5. The highest BCUT2D eigenvalue weighted by atomic mass is 16.6. The maximum absolute atomic E-state index is 12.9. The van der Waals surface area contributed by atoms with E-state index >= 15 is 0 Å². The van der Waals surface area contributed by atoms with Gasteiger partial charge in [-0.15, -0.1) is 0 Å². The summed E-state index contributed by atoms with van der Waals surface area (Å²) in [4.78, 5) is 38.4. The molecular formula is C73H130O6. The second-order valence-corrected chi connectivity index (χ2v) is 23.1. The Bertz CT molecular complexity index is 1450. The molecule has 0 aliphatic carbocycles. The summed E-state index contributed by atoms with van der Waals surface area (Å²) in [6.07, 6.45) is 87.9. The predicted octanol–water partition coefficient (Wildman–Crippen LogP) is 23.7. The fraction of sp³-hybridized carbons (Fsp3) is 0.795. The first-order valence-corrected chi connectivity index (χ1v) is 34.4. The van der Waals surface area contributed by atoms with Gasteiger partial charge < -0.3 is 14.2 Å². The average molecular weight is 1100 g/mol. The van der Waals surface area contributed by atoms with Crippen molar-refractivity contribution in [2.45, 2.75) is 361 Å². The maximum atomic E-state index is 12.9. The van der Waals surface area contributed by atoms with Gasteiger partial charge in [0.15, 0.2) is 6.10 Å². The molecule has 0 amide bonds. The molecule has 0 heterocycles. The highest BCUT2D eigenvalue weighted by molar-refractivity contribution is 5.71. The Hall–Kier alpha value is -3.15. The predicted molar refractivity (Wildman–Crippen MR) is 344 cm³/mol. The van der Waals surface area contributed by atoms with Crippen molar-refractivity contribution in [2.24, 2.45) is 0 Å². The molecule has 0 bridgehead atoms. The lowest BCUT2D eigenvalue weighted by molar-refractivity contribution is -0.167. The summed E-state index contributed by atoms with van der Waals surface area (Å²) < 4.78 is 17.0. The van der Waals surface area contributed by atoms with Crippen molar-refractivity contribution in [3.05, 3.63) is 72.9 Å². The number of ether oxygens (including phenoxy) is 3. The lowest BCUT2D eigenvalue weighted by Gasteiger charge is -2.18. The van der Waals surface area contributed by atoms with Gasteiger partial charge in [0.1, 0.15) is 13.2 Å². The molecule has 0 aliphatic heterocycles. The van der Waals surface area contributed by atoms with Crippen molar-refractivity contribution < 1.29 is 28.6 Å². The molecule has 1 atom stereocenters. The summed E-state index contributed by atoms with van der Waals surface area (Å²) >= 11 is 0. The van der Waals surface area contributed by atoms with E-state index in [1.165, 1.54) is 199 Å². The standard InChI is InChI=1S/C73H130O6/c1-4-7-10-13-16-19-22-25-28-30-32-33-34-35-36-37-38-39-41-42-45-48-51-54-57-60-63-66-72(75)78-69-70(68-77-71(74)65-62-59-56-53-50-47-44-27-24-21-18-15-12-9-6-3)79-73(76)67-64-61-58-55-52-49-46-43-40-31-29-26-23-20-17-14-11-8-5-2/h8,11,17-18,20-21,26-27,29,40,43-44,70H,4-7,9-10,12-16,19,22-25,28,30-39,41-42,45-69H2,1-3H3/b11-8-,20-17-,21-18-,29-26-,43-40-,44-27-. The first-order valence-electron chi connectivity index (χ1n) is 34.4. The SMILES string of the molecule is CC/C=C\C/C=C\C/C=C\C/C=C\CCCCCCCCC(=O)OC(COC(=O)CCCCCCC/C=C\C/C=C\CCCCC)COC(=O)CCCCCCCCCCCCCCCCCCCCCCCCCCCCC. The van der Waals surface area contributed by atoms with Gasteiger partial charge in [-0.25, -0.2) is 0 Å². The molecule has 0 aromatic carbocycles. The van der Waals surface area contributed by atoms with Crippen LogP contribution in [0.15, 0.2) is 72.9 Å². The molecule has 6 nitrogen and oxygen atoms in total. The third kappa shape index (κ3) is 65.5. The molecule has 0 saturated carbocycles. The number of rotatable bonds is 63. The molecule has 0 N–H and O–H groups in total. The second-order valence-electron chi connectivity index (χ2n) is 23.1. The lowest BCUT2D eigenvalue weighted by Crippen LogP contribution is -2.30. The topological polar surface area (TPSA) is 78.9 Å². The molecule has 1 unspecified atom stereocenters. The van der Waals surface area contributed by atoms with Crippen molar-refractivity contribution in [1.29, 1.82) is 0 Å². The van der Waals surface area contributed by atoms with E-state index in [-0.39, 0.29) is 31.1 Å². The minimum absolute atomic E-state index is 0.0830. The largest absolute Gasteiger partial charge is 0.462 e. The molecule has 0 fully saturated rings. The molecule has 0 aromatic rings. The number of carbonyl (C=O) groups is 3. The molecule has 0 radical (unpaired) electrons. The molecule has 458 valence electrons. The van der Waals surface area contributed by atoms with Crippen molar-refractivity contribution in [1.82, 2.24) is 0 Å². The van der Waals surface area contributed by atoms with Gasteiger partial charge in [0.2, 0.25) is 0 Å². The number of esters is 3. The Morgan fingerprint density at radius 3 is 0.797 bits per heavy atom. The van der Waals surface area contributed by atoms with E-state index < -0.39 is 6.10 Å². The van der Waals surface area contributed by atoms with E-state index in [0.29, 0.717) is 19.3 Å². The minimum Gasteiger partial charge on any atom is -0.462 e. The van der Waals surface area contributed by atoms with Gasteiger partial charge >= 0.3 is 17.9 Å². The fourth-order valence-electron chi connectivity index (χ4n) is 10.1. The van der Waals surface area contributed by atoms with Gasteiger partial charge in [-0.2, -0.15) is 0 Å². The van der Waals surface area contributed by atoms with E-state index in [9.17, 15) is 14.4 Å². The van der Waals surface area contributed by atoms with Crippen LogP contribution < -0.4 is 0 Å². The van der Waals surface area contributed by atoms with Crippen molar-refractivity contribution in [3.8, 4) is 0 Å². The Balaban J connectivity index is 4.28. The van der Waals surface area contributed by atoms with Crippen LogP contribution in [0.3, 0.4) is 0 Å². The average Bonchev–Trinajstić information content (AvgIpc) is 3.45. The molecule has 0 aliphatic rings. The van der Waals surface area contributed by atoms with E-state index in [1.54, 1.807) is 0 Å². The molecule has 6 heteroatoms. The second kappa shape index (κ2) is 67.4.